The number of rotatable bonds is 5. The van der Waals surface area contributed by atoms with Gasteiger partial charge in [-0.05, 0) is 61.8 Å². The van der Waals surface area contributed by atoms with Gasteiger partial charge in [-0.2, -0.15) is 4.80 Å². The number of hydrogen-bond donors (Lipinski definition) is 1. The van der Waals surface area contributed by atoms with E-state index in [1.165, 1.54) is 12.8 Å². The first-order valence-corrected chi connectivity index (χ1v) is 8.96. The average molecular weight is 337 g/mol. The quantitative estimate of drug-likeness (QED) is 0.852. The van der Waals surface area contributed by atoms with E-state index in [1.807, 2.05) is 38.1 Å². The molecule has 2 aliphatic carbocycles. The van der Waals surface area contributed by atoms with Crippen LogP contribution in [0.25, 0.3) is 11.4 Å². The molecule has 0 saturated heterocycles. The highest BCUT2D eigenvalue weighted by Gasteiger charge is 2.35. The van der Waals surface area contributed by atoms with Crippen LogP contribution in [0.4, 0.5) is 0 Å². The van der Waals surface area contributed by atoms with Crippen molar-refractivity contribution in [3.8, 4) is 11.4 Å². The standard InChI is InChI=1S/C19H23N5O/c1-12(2)24-22-18(21-23-24)14-5-7-15(8-6-14)19(25)20-11-17-10-13-3-4-16(17)9-13/h3-8,12-13,16-17H,9-11H2,1-2H3,(H,20,25)/t13-,16-,17-/m0/s1. The van der Waals surface area contributed by atoms with Gasteiger partial charge in [-0.1, -0.05) is 24.3 Å². The summed E-state index contributed by atoms with van der Waals surface area (Å²) in [7, 11) is 0. The van der Waals surface area contributed by atoms with Gasteiger partial charge >= 0.3 is 0 Å². The lowest BCUT2D eigenvalue weighted by Crippen LogP contribution is -2.30. The molecule has 1 N–H and O–H groups in total. The molecule has 1 amide bonds. The fourth-order valence-corrected chi connectivity index (χ4v) is 3.79. The molecule has 1 heterocycles. The van der Waals surface area contributed by atoms with Crippen molar-refractivity contribution in [1.82, 2.24) is 25.5 Å². The van der Waals surface area contributed by atoms with Gasteiger partial charge in [0.05, 0.1) is 6.04 Å². The Balaban J connectivity index is 1.37. The summed E-state index contributed by atoms with van der Waals surface area (Å²) in [5, 5.41) is 15.5. The first kappa shape index (κ1) is 16.0. The molecule has 1 fully saturated rings. The molecule has 130 valence electrons. The van der Waals surface area contributed by atoms with Crippen molar-refractivity contribution in [2.24, 2.45) is 17.8 Å². The second-order valence-electron chi connectivity index (χ2n) is 7.35. The predicted octanol–water partition coefficient (Wildman–Crippen LogP) is 2.86. The zero-order valence-electron chi connectivity index (χ0n) is 14.6. The highest BCUT2D eigenvalue weighted by molar-refractivity contribution is 5.94. The van der Waals surface area contributed by atoms with Gasteiger partial charge in [0.1, 0.15) is 0 Å². The van der Waals surface area contributed by atoms with Gasteiger partial charge in [-0.25, -0.2) is 0 Å². The summed E-state index contributed by atoms with van der Waals surface area (Å²) >= 11 is 0. The summed E-state index contributed by atoms with van der Waals surface area (Å²) in [6, 6.07) is 7.56. The van der Waals surface area contributed by atoms with E-state index in [0.29, 0.717) is 23.2 Å². The maximum atomic E-state index is 12.4. The fraction of sp³-hybridized carbons (Fsp3) is 0.474. The number of fused-ring (bicyclic) bond motifs is 2. The van der Waals surface area contributed by atoms with Gasteiger partial charge in [0.15, 0.2) is 0 Å². The number of aromatic nitrogens is 4. The molecule has 6 heteroatoms. The van der Waals surface area contributed by atoms with Crippen LogP contribution in [0.15, 0.2) is 36.4 Å². The van der Waals surface area contributed by atoms with Crippen LogP contribution < -0.4 is 5.32 Å². The smallest absolute Gasteiger partial charge is 0.251 e. The Hall–Kier alpha value is -2.50. The number of amides is 1. The molecule has 3 atom stereocenters. The van der Waals surface area contributed by atoms with Crippen molar-refractivity contribution in [3.05, 3.63) is 42.0 Å². The number of carbonyl (C=O) groups excluding carboxylic acids is 1. The van der Waals surface area contributed by atoms with Crippen LogP contribution in [0.3, 0.4) is 0 Å². The van der Waals surface area contributed by atoms with E-state index in [-0.39, 0.29) is 11.9 Å². The molecular weight excluding hydrogens is 314 g/mol. The van der Waals surface area contributed by atoms with Crippen LogP contribution in [0.1, 0.15) is 43.1 Å². The van der Waals surface area contributed by atoms with E-state index in [2.05, 4.69) is 32.9 Å². The van der Waals surface area contributed by atoms with Crippen LogP contribution in [-0.2, 0) is 0 Å². The Kier molecular flexibility index (Phi) is 4.11. The van der Waals surface area contributed by atoms with Gasteiger partial charge in [0.2, 0.25) is 5.82 Å². The van der Waals surface area contributed by atoms with E-state index >= 15 is 0 Å². The van der Waals surface area contributed by atoms with Gasteiger partial charge < -0.3 is 5.32 Å². The Morgan fingerprint density at radius 2 is 2.04 bits per heavy atom. The van der Waals surface area contributed by atoms with E-state index in [4.69, 9.17) is 0 Å². The molecule has 1 aromatic heterocycles. The molecule has 2 bridgehead atoms. The summed E-state index contributed by atoms with van der Waals surface area (Å²) in [5.41, 5.74) is 1.53. The molecular formula is C19H23N5O. The van der Waals surface area contributed by atoms with Gasteiger partial charge in [-0.3, -0.25) is 4.79 Å². The summed E-state index contributed by atoms with van der Waals surface area (Å²) < 4.78 is 0. The Bertz CT molecular complexity index is 792. The van der Waals surface area contributed by atoms with Crippen LogP contribution in [0.5, 0.6) is 0 Å². The van der Waals surface area contributed by atoms with Crippen molar-refractivity contribution >= 4 is 5.91 Å². The van der Waals surface area contributed by atoms with Crippen molar-refractivity contribution in [1.29, 1.82) is 0 Å². The minimum atomic E-state index is -0.0166. The summed E-state index contributed by atoms with van der Waals surface area (Å²) in [6.07, 6.45) is 7.11. The third-order valence-corrected chi connectivity index (χ3v) is 5.24. The molecule has 0 unspecified atom stereocenters. The lowest BCUT2D eigenvalue weighted by atomic mass is 9.93. The maximum Gasteiger partial charge on any atom is 0.251 e. The summed E-state index contributed by atoms with van der Waals surface area (Å²) in [4.78, 5) is 14.0. The van der Waals surface area contributed by atoms with Gasteiger partial charge in [0, 0.05) is 17.7 Å². The van der Waals surface area contributed by atoms with E-state index in [1.54, 1.807) is 4.80 Å². The lowest BCUT2D eigenvalue weighted by molar-refractivity contribution is 0.0945. The Morgan fingerprint density at radius 1 is 1.24 bits per heavy atom. The third kappa shape index (κ3) is 3.21. The first-order valence-electron chi connectivity index (χ1n) is 8.96. The Morgan fingerprint density at radius 3 is 2.64 bits per heavy atom. The Labute approximate surface area is 147 Å². The molecule has 0 radical (unpaired) electrons. The molecule has 2 aromatic rings. The summed E-state index contributed by atoms with van der Waals surface area (Å²) in [5.74, 6) is 2.54. The average Bonchev–Trinajstić information content (AvgIpc) is 3.35. The number of allylic oxidation sites excluding steroid dienone is 2. The number of nitrogens with zero attached hydrogens (tertiary/aromatic N) is 4. The normalized spacial score (nSPS) is 24.2. The minimum absolute atomic E-state index is 0.0166. The van der Waals surface area contributed by atoms with Crippen LogP contribution in [0, 0.1) is 17.8 Å². The molecule has 4 rings (SSSR count). The highest BCUT2D eigenvalue weighted by Crippen LogP contribution is 2.42. The summed E-state index contributed by atoms with van der Waals surface area (Å²) in [6.45, 7) is 4.77. The van der Waals surface area contributed by atoms with Crippen LogP contribution in [-0.4, -0.2) is 32.7 Å². The predicted molar refractivity (Wildman–Crippen MR) is 94.8 cm³/mol. The van der Waals surface area contributed by atoms with Gasteiger partial charge in [0.25, 0.3) is 5.91 Å². The van der Waals surface area contributed by atoms with Crippen molar-refractivity contribution in [3.63, 3.8) is 0 Å². The number of nitrogens with one attached hydrogen (secondary N) is 1. The second kappa shape index (κ2) is 6.43. The van der Waals surface area contributed by atoms with E-state index in [9.17, 15) is 4.79 Å². The van der Waals surface area contributed by atoms with Crippen LogP contribution >= 0.6 is 0 Å². The first-order chi connectivity index (χ1) is 12.1. The molecule has 1 saturated carbocycles. The van der Waals surface area contributed by atoms with Crippen molar-refractivity contribution in [2.75, 3.05) is 6.54 Å². The number of tetrazole rings is 1. The molecule has 0 spiro atoms. The largest absolute Gasteiger partial charge is 0.352 e. The van der Waals surface area contributed by atoms with E-state index < -0.39 is 0 Å². The van der Waals surface area contributed by atoms with Gasteiger partial charge in [-0.15, -0.1) is 10.2 Å². The number of carbonyl (C=O) groups is 1. The molecule has 6 nitrogen and oxygen atoms in total. The molecule has 0 aliphatic heterocycles. The van der Waals surface area contributed by atoms with Crippen molar-refractivity contribution < 1.29 is 4.79 Å². The molecule has 2 aliphatic rings. The fourth-order valence-electron chi connectivity index (χ4n) is 3.79. The highest BCUT2D eigenvalue weighted by atomic mass is 16.1. The SMILES string of the molecule is CC(C)n1nnc(-c2ccc(C(=O)NC[C@@H]3C[C@H]4C=C[C@H]3C4)cc2)n1. The van der Waals surface area contributed by atoms with Crippen LogP contribution in [0.2, 0.25) is 0 Å². The number of hydrogen-bond acceptors (Lipinski definition) is 4. The zero-order chi connectivity index (χ0) is 17.4. The zero-order valence-corrected chi connectivity index (χ0v) is 14.6. The topological polar surface area (TPSA) is 72.7 Å². The molecule has 25 heavy (non-hydrogen) atoms. The number of benzene rings is 1. The van der Waals surface area contributed by atoms with Crippen molar-refractivity contribution in [2.45, 2.75) is 32.7 Å². The lowest BCUT2D eigenvalue weighted by Gasteiger charge is -2.18. The maximum absolute atomic E-state index is 12.4. The molecule has 1 aromatic carbocycles. The second-order valence-corrected chi connectivity index (χ2v) is 7.35. The minimum Gasteiger partial charge on any atom is -0.352 e. The third-order valence-electron chi connectivity index (χ3n) is 5.24. The monoisotopic (exact) mass is 337 g/mol. The van der Waals surface area contributed by atoms with E-state index in [0.717, 1.165) is 18.0 Å².